The Morgan fingerprint density at radius 2 is 1.38 bits per heavy atom. The zero-order chi connectivity index (χ0) is 12.3. The number of unbranched alkanes of at least 4 members (excludes halogenated alkanes) is 7. The van der Waals surface area contributed by atoms with Gasteiger partial charge in [0.2, 0.25) is 0 Å². The lowest BCUT2D eigenvalue weighted by Gasteiger charge is -2.20. The van der Waals surface area contributed by atoms with E-state index in [0.717, 1.165) is 19.1 Å². The Morgan fingerprint density at radius 3 is 1.81 bits per heavy atom. The van der Waals surface area contributed by atoms with E-state index in [1.807, 2.05) is 0 Å². The molecule has 0 saturated carbocycles. The minimum atomic E-state index is -0.0534. The average Bonchev–Trinajstić information content (AvgIpc) is 2.32. The van der Waals surface area contributed by atoms with Crippen molar-refractivity contribution in [1.29, 1.82) is 0 Å². The molecule has 0 bridgehead atoms. The standard InChI is InChI=1S/C15H30O/c1-4-6-7-8-9-10-11-12-13-15(3,5-2)14-16/h14H,4-13H2,1-3H3. The van der Waals surface area contributed by atoms with E-state index < -0.39 is 0 Å². The van der Waals surface area contributed by atoms with Crippen LogP contribution in [0.5, 0.6) is 0 Å². The number of hydrogen-bond donors (Lipinski definition) is 0. The van der Waals surface area contributed by atoms with Gasteiger partial charge in [0.1, 0.15) is 6.29 Å². The maximum Gasteiger partial charge on any atom is 0.125 e. The van der Waals surface area contributed by atoms with Gasteiger partial charge in [-0.1, -0.05) is 72.1 Å². The quantitative estimate of drug-likeness (QED) is 0.352. The van der Waals surface area contributed by atoms with Crippen LogP contribution in [0.3, 0.4) is 0 Å². The molecule has 0 N–H and O–H groups in total. The van der Waals surface area contributed by atoms with E-state index in [2.05, 4.69) is 20.8 Å². The topological polar surface area (TPSA) is 17.1 Å². The van der Waals surface area contributed by atoms with Gasteiger partial charge in [0.25, 0.3) is 0 Å². The summed E-state index contributed by atoms with van der Waals surface area (Å²) in [6.45, 7) is 6.45. The van der Waals surface area contributed by atoms with E-state index in [9.17, 15) is 4.79 Å². The molecule has 0 rings (SSSR count). The maximum atomic E-state index is 10.9. The molecule has 0 aromatic carbocycles. The molecule has 1 heteroatoms. The van der Waals surface area contributed by atoms with Gasteiger partial charge in [-0.05, 0) is 12.8 Å². The van der Waals surface area contributed by atoms with Gasteiger partial charge in [0, 0.05) is 5.41 Å². The summed E-state index contributed by atoms with van der Waals surface area (Å²) < 4.78 is 0. The Morgan fingerprint density at radius 1 is 0.875 bits per heavy atom. The van der Waals surface area contributed by atoms with Gasteiger partial charge in [-0.2, -0.15) is 0 Å². The number of rotatable bonds is 11. The van der Waals surface area contributed by atoms with Gasteiger partial charge in [-0.25, -0.2) is 0 Å². The first-order chi connectivity index (χ1) is 7.68. The Labute approximate surface area is 102 Å². The molecule has 0 radical (unpaired) electrons. The molecule has 0 amide bonds. The summed E-state index contributed by atoms with van der Waals surface area (Å²) in [6.07, 6.45) is 14.0. The molecule has 96 valence electrons. The number of aldehydes is 1. The predicted molar refractivity (Wildman–Crippen MR) is 71.7 cm³/mol. The maximum absolute atomic E-state index is 10.9. The molecular weight excluding hydrogens is 196 g/mol. The van der Waals surface area contributed by atoms with E-state index in [1.54, 1.807) is 0 Å². The van der Waals surface area contributed by atoms with Crippen LogP contribution in [0, 0.1) is 5.41 Å². The van der Waals surface area contributed by atoms with Crippen LogP contribution in [0.15, 0.2) is 0 Å². The second-order valence-electron chi connectivity index (χ2n) is 5.35. The highest BCUT2D eigenvalue weighted by molar-refractivity contribution is 5.58. The summed E-state index contributed by atoms with van der Waals surface area (Å²) in [6, 6.07) is 0. The molecule has 0 aliphatic rings. The third kappa shape index (κ3) is 7.90. The molecule has 0 fully saturated rings. The van der Waals surface area contributed by atoms with Crippen molar-refractivity contribution in [1.82, 2.24) is 0 Å². The smallest absolute Gasteiger partial charge is 0.125 e. The van der Waals surface area contributed by atoms with E-state index in [-0.39, 0.29) is 5.41 Å². The van der Waals surface area contributed by atoms with E-state index in [4.69, 9.17) is 0 Å². The zero-order valence-electron chi connectivity index (χ0n) is 11.6. The van der Waals surface area contributed by atoms with Gasteiger partial charge in [0.15, 0.2) is 0 Å². The molecule has 1 atom stereocenters. The fourth-order valence-electron chi connectivity index (χ4n) is 1.98. The van der Waals surface area contributed by atoms with Crippen molar-refractivity contribution in [2.24, 2.45) is 5.41 Å². The van der Waals surface area contributed by atoms with Crippen molar-refractivity contribution in [3.63, 3.8) is 0 Å². The monoisotopic (exact) mass is 226 g/mol. The van der Waals surface area contributed by atoms with Gasteiger partial charge >= 0.3 is 0 Å². The Kier molecular flexibility index (Phi) is 9.66. The van der Waals surface area contributed by atoms with E-state index >= 15 is 0 Å². The summed E-state index contributed by atoms with van der Waals surface area (Å²) in [4.78, 5) is 10.9. The van der Waals surface area contributed by atoms with Gasteiger partial charge in [-0.3, -0.25) is 0 Å². The summed E-state index contributed by atoms with van der Waals surface area (Å²) in [5.41, 5.74) is -0.0534. The van der Waals surface area contributed by atoms with Gasteiger partial charge < -0.3 is 4.79 Å². The highest BCUT2D eigenvalue weighted by Crippen LogP contribution is 2.25. The van der Waals surface area contributed by atoms with Crippen molar-refractivity contribution in [3.05, 3.63) is 0 Å². The van der Waals surface area contributed by atoms with Crippen molar-refractivity contribution < 1.29 is 4.79 Å². The van der Waals surface area contributed by atoms with Gasteiger partial charge in [-0.15, -0.1) is 0 Å². The van der Waals surface area contributed by atoms with Crippen molar-refractivity contribution in [3.8, 4) is 0 Å². The molecular formula is C15H30O. The lowest BCUT2D eigenvalue weighted by molar-refractivity contribution is -0.116. The number of carbonyl (C=O) groups is 1. The molecule has 1 unspecified atom stereocenters. The van der Waals surface area contributed by atoms with Crippen LogP contribution in [0.2, 0.25) is 0 Å². The molecule has 1 nitrogen and oxygen atoms in total. The molecule has 0 saturated heterocycles. The van der Waals surface area contributed by atoms with Crippen LogP contribution in [0.1, 0.15) is 85.0 Å². The molecule has 0 aromatic heterocycles. The largest absolute Gasteiger partial charge is 0.303 e. The van der Waals surface area contributed by atoms with Crippen LogP contribution in [0.4, 0.5) is 0 Å². The lowest BCUT2D eigenvalue weighted by atomic mass is 9.84. The van der Waals surface area contributed by atoms with Crippen LogP contribution < -0.4 is 0 Å². The molecule has 0 spiro atoms. The fraction of sp³-hybridized carbons (Fsp3) is 0.933. The lowest BCUT2D eigenvalue weighted by Crippen LogP contribution is -2.16. The second-order valence-corrected chi connectivity index (χ2v) is 5.35. The van der Waals surface area contributed by atoms with Crippen molar-refractivity contribution >= 4 is 6.29 Å². The molecule has 0 aliphatic heterocycles. The Bertz CT molecular complexity index is 165. The van der Waals surface area contributed by atoms with Crippen LogP contribution in [-0.4, -0.2) is 6.29 Å². The highest BCUT2D eigenvalue weighted by Gasteiger charge is 2.19. The summed E-state index contributed by atoms with van der Waals surface area (Å²) >= 11 is 0. The minimum absolute atomic E-state index is 0.0534. The van der Waals surface area contributed by atoms with Crippen molar-refractivity contribution in [2.75, 3.05) is 0 Å². The van der Waals surface area contributed by atoms with Crippen LogP contribution in [-0.2, 0) is 4.79 Å². The Balaban J connectivity index is 3.29. The molecule has 0 aliphatic carbocycles. The summed E-state index contributed by atoms with van der Waals surface area (Å²) in [5, 5.41) is 0. The molecule has 0 aromatic rings. The van der Waals surface area contributed by atoms with E-state index in [1.165, 1.54) is 51.4 Å². The minimum Gasteiger partial charge on any atom is -0.303 e. The highest BCUT2D eigenvalue weighted by atomic mass is 16.1. The summed E-state index contributed by atoms with van der Waals surface area (Å²) in [7, 11) is 0. The third-order valence-corrected chi connectivity index (χ3v) is 3.69. The number of carbonyl (C=O) groups excluding carboxylic acids is 1. The SMILES string of the molecule is CCCCCCCCCCC(C)(C=O)CC. The first kappa shape index (κ1) is 15.7. The van der Waals surface area contributed by atoms with E-state index in [0.29, 0.717) is 0 Å². The first-order valence-corrected chi connectivity index (χ1v) is 7.15. The fourth-order valence-corrected chi connectivity index (χ4v) is 1.98. The van der Waals surface area contributed by atoms with Crippen molar-refractivity contribution in [2.45, 2.75) is 85.0 Å². The predicted octanol–water partition coefficient (Wildman–Crippen LogP) is 5.13. The van der Waals surface area contributed by atoms with Gasteiger partial charge in [0.05, 0.1) is 0 Å². The summed E-state index contributed by atoms with van der Waals surface area (Å²) in [5.74, 6) is 0. The second kappa shape index (κ2) is 9.86. The zero-order valence-corrected chi connectivity index (χ0v) is 11.6. The third-order valence-electron chi connectivity index (χ3n) is 3.69. The van der Waals surface area contributed by atoms with Crippen LogP contribution in [0.25, 0.3) is 0 Å². The Hall–Kier alpha value is -0.330. The number of hydrogen-bond acceptors (Lipinski definition) is 1. The molecule has 0 heterocycles. The van der Waals surface area contributed by atoms with Crippen LogP contribution >= 0.6 is 0 Å². The molecule has 16 heavy (non-hydrogen) atoms. The normalized spacial score (nSPS) is 14.7. The average molecular weight is 226 g/mol. The first-order valence-electron chi connectivity index (χ1n) is 7.15.